The highest BCUT2D eigenvalue weighted by Crippen LogP contribution is 2.61. The van der Waals surface area contributed by atoms with E-state index in [1.807, 2.05) is 30.3 Å². The third kappa shape index (κ3) is 4.56. The van der Waals surface area contributed by atoms with Gasteiger partial charge >= 0.3 is 0 Å². The van der Waals surface area contributed by atoms with E-state index < -0.39 is 6.04 Å². The van der Waals surface area contributed by atoms with Crippen molar-refractivity contribution in [2.75, 3.05) is 5.32 Å². The highest BCUT2D eigenvalue weighted by atomic mass is 19.1. The third-order valence-electron chi connectivity index (χ3n) is 7.56. The van der Waals surface area contributed by atoms with Gasteiger partial charge in [-0.1, -0.05) is 30.3 Å². The van der Waals surface area contributed by atoms with Crippen LogP contribution in [0, 0.1) is 29.0 Å². The number of carbonyl (C=O) groups is 2. The predicted octanol–water partition coefficient (Wildman–Crippen LogP) is 4.73. The van der Waals surface area contributed by atoms with Gasteiger partial charge in [-0.2, -0.15) is 0 Å². The van der Waals surface area contributed by atoms with Crippen LogP contribution in [0.15, 0.2) is 54.6 Å². The summed E-state index contributed by atoms with van der Waals surface area (Å²) < 4.78 is 13.2. The average molecular weight is 436 g/mol. The van der Waals surface area contributed by atoms with E-state index in [4.69, 9.17) is 0 Å². The molecule has 168 valence electrons. The minimum absolute atomic E-state index is 0.0533. The average Bonchev–Trinajstić information content (AvgIpc) is 2.75. The van der Waals surface area contributed by atoms with Crippen LogP contribution in [-0.2, 0) is 9.59 Å². The van der Waals surface area contributed by atoms with E-state index in [0.29, 0.717) is 12.1 Å². The summed E-state index contributed by atoms with van der Waals surface area (Å²) in [6.07, 6.45) is 8.06. The van der Waals surface area contributed by atoms with Crippen LogP contribution in [0.5, 0.6) is 0 Å². The molecule has 6 heteroatoms. The SMILES string of the molecule is O=C(CC12CC3CC(CC(C3)C1)C2)NN[C@@H](C(=O)Nc1ccc(F)cc1)c1ccccc1. The molecule has 32 heavy (non-hydrogen) atoms. The number of halogens is 1. The van der Waals surface area contributed by atoms with Crippen molar-refractivity contribution in [2.24, 2.45) is 23.2 Å². The first-order chi connectivity index (χ1) is 15.5. The van der Waals surface area contributed by atoms with Gasteiger partial charge in [-0.3, -0.25) is 15.0 Å². The van der Waals surface area contributed by atoms with E-state index in [-0.39, 0.29) is 23.0 Å². The molecular formula is C26H30FN3O2. The molecule has 0 saturated heterocycles. The van der Waals surface area contributed by atoms with Crippen LogP contribution in [-0.4, -0.2) is 11.8 Å². The van der Waals surface area contributed by atoms with Gasteiger partial charge in [0.2, 0.25) is 11.8 Å². The Labute approximate surface area is 188 Å². The first-order valence-corrected chi connectivity index (χ1v) is 11.6. The lowest BCUT2D eigenvalue weighted by atomic mass is 9.49. The Kier molecular flexibility index (Phi) is 5.72. The minimum Gasteiger partial charge on any atom is -0.324 e. The molecule has 0 heterocycles. The Bertz CT molecular complexity index is 941. The van der Waals surface area contributed by atoms with Gasteiger partial charge in [0.25, 0.3) is 0 Å². The number of hydrogen-bond donors (Lipinski definition) is 3. The fourth-order valence-corrected chi connectivity index (χ4v) is 6.74. The van der Waals surface area contributed by atoms with Crippen molar-refractivity contribution in [3.05, 3.63) is 66.0 Å². The summed E-state index contributed by atoms with van der Waals surface area (Å²) in [5.74, 6) is 1.64. The first-order valence-electron chi connectivity index (χ1n) is 11.6. The molecule has 5 nitrogen and oxygen atoms in total. The molecule has 4 aliphatic carbocycles. The number of nitrogens with one attached hydrogen (secondary N) is 3. The Morgan fingerprint density at radius 3 is 2.09 bits per heavy atom. The number of carbonyl (C=O) groups excluding carboxylic acids is 2. The Morgan fingerprint density at radius 1 is 0.906 bits per heavy atom. The smallest absolute Gasteiger partial charge is 0.247 e. The van der Waals surface area contributed by atoms with Crippen molar-refractivity contribution in [1.82, 2.24) is 10.9 Å². The summed E-state index contributed by atoms with van der Waals surface area (Å²) in [5.41, 5.74) is 7.16. The summed E-state index contributed by atoms with van der Waals surface area (Å²) in [4.78, 5) is 25.9. The van der Waals surface area contributed by atoms with E-state index in [0.717, 1.165) is 23.3 Å². The maximum absolute atomic E-state index is 13.2. The van der Waals surface area contributed by atoms with Gasteiger partial charge in [-0.15, -0.1) is 0 Å². The molecule has 3 N–H and O–H groups in total. The number of hydrazine groups is 1. The number of hydrogen-bond acceptors (Lipinski definition) is 3. The van der Waals surface area contributed by atoms with Gasteiger partial charge in [-0.25, -0.2) is 9.82 Å². The normalized spacial score (nSPS) is 28.8. The lowest BCUT2D eigenvalue weighted by Crippen LogP contribution is -2.50. The molecule has 4 saturated carbocycles. The summed E-state index contributed by atoms with van der Waals surface area (Å²) in [7, 11) is 0. The quantitative estimate of drug-likeness (QED) is 0.551. The van der Waals surface area contributed by atoms with E-state index in [1.54, 1.807) is 0 Å². The van der Waals surface area contributed by atoms with Gasteiger partial charge in [0.05, 0.1) is 0 Å². The van der Waals surface area contributed by atoms with E-state index >= 15 is 0 Å². The maximum atomic E-state index is 13.2. The highest BCUT2D eigenvalue weighted by molar-refractivity contribution is 5.95. The lowest BCUT2D eigenvalue weighted by Gasteiger charge is -2.56. The molecule has 4 bridgehead atoms. The molecule has 6 rings (SSSR count). The molecule has 2 aromatic rings. The summed E-state index contributed by atoms with van der Waals surface area (Å²) in [5, 5.41) is 2.80. The van der Waals surface area contributed by atoms with Gasteiger partial charge in [-0.05, 0) is 91.5 Å². The van der Waals surface area contributed by atoms with Crippen molar-refractivity contribution in [1.29, 1.82) is 0 Å². The molecule has 1 atom stereocenters. The third-order valence-corrected chi connectivity index (χ3v) is 7.56. The first kappa shape index (κ1) is 21.1. The molecule has 0 aliphatic heterocycles. The molecule has 2 amide bonds. The molecule has 0 aromatic heterocycles. The predicted molar refractivity (Wildman–Crippen MR) is 121 cm³/mol. The largest absolute Gasteiger partial charge is 0.324 e. The summed E-state index contributed by atoms with van der Waals surface area (Å²) in [6.45, 7) is 0. The second kappa shape index (κ2) is 8.66. The summed E-state index contributed by atoms with van der Waals surface area (Å²) in [6, 6.07) is 14.1. The van der Waals surface area contributed by atoms with Gasteiger partial charge in [0.15, 0.2) is 0 Å². The van der Waals surface area contributed by atoms with E-state index in [2.05, 4.69) is 16.2 Å². The van der Waals surface area contributed by atoms with E-state index in [9.17, 15) is 14.0 Å². The Morgan fingerprint density at radius 2 is 1.50 bits per heavy atom. The minimum atomic E-state index is -0.762. The van der Waals surface area contributed by atoms with Crippen molar-refractivity contribution in [3.8, 4) is 0 Å². The van der Waals surface area contributed by atoms with E-state index in [1.165, 1.54) is 62.8 Å². The zero-order valence-electron chi connectivity index (χ0n) is 18.1. The molecule has 4 fully saturated rings. The number of benzene rings is 2. The molecule has 0 radical (unpaired) electrons. The van der Waals surface area contributed by atoms with Crippen LogP contribution in [0.2, 0.25) is 0 Å². The maximum Gasteiger partial charge on any atom is 0.247 e. The van der Waals surface area contributed by atoms with Gasteiger partial charge in [0.1, 0.15) is 11.9 Å². The van der Waals surface area contributed by atoms with Crippen LogP contribution in [0.3, 0.4) is 0 Å². The number of rotatable bonds is 7. The molecule has 2 aromatic carbocycles. The van der Waals surface area contributed by atoms with Crippen LogP contribution >= 0.6 is 0 Å². The van der Waals surface area contributed by atoms with Crippen molar-refractivity contribution in [2.45, 2.75) is 51.0 Å². The lowest BCUT2D eigenvalue weighted by molar-refractivity contribution is -0.131. The second-order valence-electron chi connectivity index (χ2n) is 10.1. The topological polar surface area (TPSA) is 70.2 Å². The van der Waals surface area contributed by atoms with Crippen LogP contribution in [0.1, 0.15) is 56.6 Å². The second-order valence-corrected chi connectivity index (χ2v) is 10.1. The van der Waals surface area contributed by atoms with Crippen LogP contribution in [0.4, 0.5) is 10.1 Å². The molecule has 0 unspecified atom stereocenters. The number of anilines is 1. The standard InChI is InChI=1S/C26H30FN3O2/c27-21-6-8-22(9-7-21)28-25(32)24(20-4-2-1-3-5-20)30-29-23(31)16-26-13-17-10-18(14-26)12-19(11-17)15-26/h1-9,17-19,24,30H,10-16H2,(H,28,32)(H,29,31)/t17?,18?,19?,24-,26?/m1/s1. The summed E-state index contributed by atoms with van der Waals surface area (Å²) >= 11 is 0. The van der Waals surface area contributed by atoms with Crippen molar-refractivity contribution in [3.63, 3.8) is 0 Å². The van der Waals surface area contributed by atoms with Crippen molar-refractivity contribution >= 4 is 17.5 Å². The van der Waals surface area contributed by atoms with Crippen molar-refractivity contribution < 1.29 is 14.0 Å². The monoisotopic (exact) mass is 435 g/mol. The van der Waals surface area contributed by atoms with Crippen LogP contribution in [0.25, 0.3) is 0 Å². The van der Waals surface area contributed by atoms with Crippen LogP contribution < -0.4 is 16.2 Å². The zero-order chi connectivity index (χ0) is 22.1. The fourth-order valence-electron chi connectivity index (χ4n) is 6.74. The molecule has 4 aliphatic rings. The van der Waals surface area contributed by atoms with Gasteiger partial charge in [0, 0.05) is 12.1 Å². The molecule has 0 spiro atoms. The number of amides is 2. The highest BCUT2D eigenvalue weighted by Gasteiger charge is 2.51. The Balaban J connectivity index is 1.24. The Hall–Kier alpha value is -2.73. The fraction of sp³-hybridized carbons (Fsp3) is 0.462. The molecular weight excluding hydrogens is 405 g/mol. The zero-order valence-corrected chi connectivity index (χ0v) is 18.1. The van der Waals surface area contributed by atoms with Gasteiger partial charge < -0.3 is 5.32 Å².